The van der Waals surface area contributed by atoms with Crippen LogP contribution in [0.5, 0.6) is 0 Å². The molecule has 5 heteroatoms. The van der Waals surface area contributed by atoms with E-state index in [2.05, 4.69) is 26.2 Å². The first-order valence-electron chi connectivity index (χ1n) is 5.47. The molecule has 3 N–H and O–H groups in total. The van der Waals surface area contributed by atoms with Gasteiger partial charge in [0.1, 0.15) is 11.6 Å². The van der Waals surface area contributed by atoms with E-state index in [9.17, 15) is 4.39 Å². The Morgan fingerprint density at radius 3 is 2.94 bits per heavy atom. The van der Waals surface area contributed by atoms with Gasteiger partial charge in [0.15, 0.2) is 0 Å². The lowest BCUT2D eigenvalue weighted by Crippen LogP contribution is -2.06. The van der Waals surface area contributed by atoms with Crippen molar-refractivity contribution in [1.82, 2.24) is 4.98 Å². The van der Waals surface area contributed by atoms with Gasteiger partial charge in [-0.2, -0.15) is 0 Å². The van der Waals surface area contributed by atoms with Crippen molar-refractivity contribution in [3.05, 3.63) is 51.9 Å². The Balaban J connectivity index is 2.16. The molecule has 1 aromatic carbocycles. The van der Waals surface area contributed by atoms with E-state index in [1.54, 1.807) is 12.3 Å². The van der Waals surface area contributed by atoms with Crippen molar-refractivity contribution < 1.29 is 4.39 Å². The van der Waals surface area contributed by atoms with E-state index >= 15 is 0 Å². The molecule has 3 nitrogen and oxygen atoms in total. The van der Waals surface area contributed by atoms with Gasteiger partial charge in [-0.15, -0.1) is 0 Å². The zero-order valence-electron chi connectivity index (χ0n) is 9.87. The predicted octanol–water partition coefficient (Wildman–Crippen LogP) is 3.49. The van der Waals surface area contributed by atoms with Gasteiger partial charge in [0.2, 0.25) is 0 Å². The number of aromatic nitrogens is 1. The highest BCUT2D eigenvalue weighted by atomic mass is 79.9. The fourth-order valence-corrected chi connectivity index (χ4v) is 1.96. The summed E-state index contributed by atoms with van der Waals surface area (Å²) in [5, 5.41) is 3.11. The number of nitrogens with two attached hydrogens (primary N) is 1. The van der Waals surface area contributed by atoms with Gasteiger partial charge in [-0.05, 0) is 42.3 Å². The van der Waals surface area contributed by atoms with E-state index in [0.29, 0.717) is 18.1 Å². The van der Waals surface area contributed by atoms with Gasteiger partial charge < -0.3 is 11.1 Å². The minimum atomic E-state index is -0.264. The van der Waals surface area contributed by atoms with Crippen molar-refractivity contribution in [3.8, 4) is 0 Å². The minimum Gasteiger partial charge on any atom is -0.396 e. The molecule has 0 atom stereocenters. The number of rotatable bonds is 3. The Bertz CT molecular complexity index is 570. The highest BCUT2D eigenvalue weighted by molar-refractivity contribution is 9.10. The molecule has 1 heterocycles. The molecule has 94 valence electrons. The van der Waals surface area contributed by atoms with Crippen LogP contribution < -0.4 is 11.1 Å². The second-order valence-corrected chi connectivity index (χ2v) is 4.83. The maximum Gasteiger partial charge on any atom is 0.149 e. The summed E-state index contributed by atoms with van der Waals surface area (Å²) in [7, 11) is 0. The topological polar surface area (TPSA) is 50.9 Å². The lowest BCUT2D eigenvalue weighted by Gasteiger charge is -2.11. The molecule has 2 aromatic rings. The van der Waals surface area contributed by atoms with E-state index in [0.717, 1.165) is 15.6 Å². The Hall–Kier alpha value is -1.62. The van der Waals surface area contributed by atoms with Crippen LogP contribution in [-0.2, 0) is 6.54 Å². The molecule has 18 heavy (non-hydrogen) atoms. The predicted molar refractivity (Wildman–Crippen MR) is 74.8 cm³/mol. The highest BCUT2D eigenvalue weighted by Gasteiger charge is 2.05. The number of hydrogen-bond acceptors (Lipinski definition) is 3. The third-order valence-corrected chi connectivity index (χ3v) is 3.44. The summed E-state index contributed by atoms with van der Waals surface area (Å²) >= 11 is 3.38. The molecule has 0 aliphatic rings. The molecule has 0 amide bonds. The van der Waals surface area contributed by atoms with Gasteiger partial charge in [-0.3, -0.25) is 0 Å². The first-order valence-corrected chi connectivity index (χ1v) is 6.26. The molecule has 0 fully saturated rings. The standard InChI is InChI=1S/C13H13BrFN3/c1-8-4-5-17-13(12(8)16)18-7-9-6-10(15)2-3-11(9)14/h2-6H,7,16H2,1H3,(H,17,18). The summed E-state index contributed by atoms with van der Waals surface area (Å²) in [5.74, 6) is 0.353. The Morgan fingerprint density at radius 2 is 2.17 bits per heavy atom. The second kappa shape index (κ2) is 5.35. The van der Waals surface area contributed by atoms with Gasteiger partial charge in [0.05, 0.1) is 5.69 Å². The van der Waals surface area contributed by atoms with Gasteiger partial charge in [-0.25, -0.2) is 9.37 Å². The number of benzene rings is 1. The number of aryl methyl sites for hydroxylation is 1. The number of nitrogen functional groups attached to an aromatic ring is 1. The van der Waals surface area contributed by atoms with Gasteiger partial charge in [0, 0.05) is 17.2 Å². The van der Waals surface area contributed by atoms with E-state index in [4.69, 9.17) is 5.73 Å². The van der Waals surface area contributed by atoms with Crippen LogP contribution >= 0.6 is 15.9 Å². The Kier molecular flexibility index (Phi) is 3.81. The summed E-state index contributed by atoms with van der Waals surface area (Å²) in [4.78, 5) is 4.16. The summed E-state index contributed by atoms with van der Waals surface area (Å²) in [6, 6.07) is 6.41. The summed E-state index contributed by atoms with van der Waals surface area (Å²) in [6.45, 7) is 2.37. The first-order chi connectivity index (χ1) is 8.58. The van der Waals surface area contributed by atoms with Crippen molar-refractivity contribution in [1.29, 1.82) is 0 Å². The number of hydrogen-bond donors (Lipinski definition) is 2. The molecule has 0 unspecified atom stereocenters. The van der Waals surface area contributed by atoms with Crippen LogP contribution in [-0.4, -0.2) is 4.98 Å². The fourth-order valence-electron chi connectivity index (χ4n) is 1.57. The maximum absolute atomic E-state index is 13.1. The Labute approximate surface area is 113 Å². The molecule has 0 saturated heterocycles. The molecule has 1 aromatic heterocycles. The second-order valence-electron chi connectivity index (χ2n) is 3.98. The molecular formula is C13H13BrFN3. The highest BCUT2D eigenvalue weighted by Crippen LogP contribution is 2.22. The normalized spacial score (nSPS) is 10.4. The number of halogens is 2. The van der Waals surface area contributed by atoms with Crippen molar-refractivity contribution in [3.63, 3.8) is 0 Å². The lowest BCUT2D eigenvalue weighted by molar-refractivity contribution is 0.625. The van der Waals surface area contributed by atoms with Crippen molar-refractivity contribution in [2.24, 2.45) is 0 Å². The zero-order valence-corrected chi connectivity index (χ0v) is 11.5. The average Bonchev–Trinajstić information content (AvgIpc) is 2.35. The Morgan fingerprint density at radius 1 is 1.39 bits per heavy atom. The summed E-state index contributed by atoms with van der Waals surface area (Å²) in [5.41, 5.74) is 8.30. The van der Waals surface area contributed by atoms with E-state index in [-0.39, 0.29) is 5.82 Å². The molecule has 0 aliphatic heterocycles. The van der Waals surface area contributed by atoms with Crippen molar-refractivity contribution in [2.75, 3.05) is 11.1 Å². The monoisotopic (exact) mass is 309 g/mol. The van der Waals surface area contributed by atoms with Gasteiger partial charge in [-0.1, -0.05) is 15.9 Å². The molecule has 0 radical (unpaired) electrons. The molecule has 2 rings (SSSR count). The third kappa shape index (κ3) is 2.79. The molecule has 0 aliphatic carbocycles. The van der Waals surface area contributed by atoms with Crippen molar-refractivity contribution in [2.45, 2.75) is 13.5 Å². The molecule has 0 saturated carbocycles. The van der Waals surface area contributed by atoms with Gasteiger partial charge in [0.25, 0.3) is 0 Å². The molecule has 0 spiro atoms. The van der Waals surface area contributed by atoms with E-state index in [1.165, 1.54) is 12.1 Å². The van der Waals surface area contributed by atoms with Crippen LogP contribution in [0.25, 0.3) is 0 Å². The fraction of sp³-hybridized carbons (Fsp3) is 0.154. The number of nitrogens with one attached hydrogen (secondary N) is 1. The smallest absolute Gasteiger partial charge is 0.149 e. The minimum absolute atomic E-state index is 0.264. The largest absolute Gasteiger partial charge is 0.396 e. The van der Waals surface area contributed by atoms with Crippen LogP contribution in [0.1, 0.15) is 11.1 Å². The first kappa shape index (κ1) is 12.8. The quantitative estimate of drug-likeness (QED) is 0.912. The SMILES string of the molecule is Cc1ccnc(NCc2cc(F)ccc2Br)c1N. The maximum atomic E-state index is 13.1. The van der Waals surface area contributed by atoms with Crippen LogP contribution in [0, 0.1) is 12.7 Å². The number of pyridine rings is 1. The van der Waals surface area contributed by atoms with Crippen LogP contribution in [0.3, 0.4) is 0 Å². The van der Waals surface area contributed by atoms with Crippen LogP contribution in [0.4, 0.5) is 15.9 Å². The van der Waals surface area contributed by atoms with Crippen LogP contribution in [0.2, 0.25) is 0 Å². The van der Waals surface area contributed by atoms with Crippen molar-refractivity contribution >= 4 is 27.4 Å². The molecular weight excluding hydrogens is 297 g/mol. The van der Waals surface area contributed by atoms with E-state index in [1.807, 2.05) is 13.0 Å². The molecule has 0 bridgehead atoms. The average molecular weight is 310 g/mol. The van der Waals surface area contributed by atoms with Gasteiger partial charge >= 0.3 is 0 Å². The lowest BCUT2D eigenvalue weighted by atomic mass is 10.2. The van der Waals surface area contributed by atoms with Crippen LogP contribution in [0.15, 0.2) is 34.9 Å². The van der Waals surface area contributed by atoms with E-state index < -0.39 is 0 Å². The summed E-state index contributed by atoms with van der Waals surface area (Å²) in [6.07, 6.45) is 1.69. The number of anilines is 2. The number of nitrogens with zero attached hydrogens (tertiary/aromatic N) is 1. The third-order valence-electron chi connectivity index (χ3n) is 2.66. The zero-order chi connectivity index (χ0) is 13.1. The summed E-state index contributed by atoms with van der Waals surface area (Å²) < 4.78 is 14.0.